The smallest absolute Gasteiger partial charge is 0.181 e. The number of nitrogens with two attached hydrogens (primary N) is 1. The van der Waals surface area contributed by atoms with Crippen molar-refractivity contribution in [2.24, 2.45) is 0 Å². The molecule has 104 valence electrons. The maximum Gasteiger partial charge on any atom is 0.181 e. The average Bonchev–Trinajstić information content (AvgIpc) is 2.99. The maximum absolute atomic E-state index is 5.71. The van der Waals surface area contributed by atoms with Crippen molar-refractivity contribution < 1.29 is 0 Å². The normalized spacial score (nSPS) is 11.2. The summed E-state index contributed by atoms with van der Waals surface area (Å²) in [6.45, 7) is 3.83. The van der Waals surface area contributed by atoms with Crippen LogP contribution in [-0.2, 0) is 13.0 Å². The highest BCUT2D eigenvalue weighted by atomic mass is 32.1. The number of aromatic nitrogens is 2. The van der Waals surface area contributed by atoms with Crippen LogP contribution in [0.25, 0.3) is 10.2 Å². The van der Waals surface area contributed by atoms with Gasteiger partial charge in [0.25, 0.3) is 0 Å². The van der Waals surface area contributed by atoms with Crippen LogP contribution in [0.15, 0.2) is 23.6 Å². The summed E-state index contributed by atoms with van der Waals surface area (Å²) < 4.78 is 1.15. The molecular formula is C14H16N4S2. The van der Waals surface area contributed by atoms with Crippen molar-refractivity contribution in [3.8, 4) is 0 Å². The Bertz CT molecular complexity index is 717. The number of rotatable bonds is 5. The third-order valence-corrected chi connectivity index (χ3v) is 4.69. The molecule has 4 nitrogen and oxygen atoms in total. The lowest BCUT2D eigenvalue weighted by molar-refractivity contribution is 0.681. The van der Waals surface area contributed by atoms with E-state index in [0.29, 0.717) is 5.13 Å². The quantitative estimate of drug-likeness (QED) is 0.711. The monoisotopic (exact) mass is 304 g/mol. The minimum atomic E-state index is 0.629. The Hall–Kier alpha value is -1.50. The largest absolute Gasteiger partial charge is 0.375 e. The van der Waals surface area contributed by atoms with Gasteiger partial charge in [0.1, 0.15) is 0 Å². The summed E-state index contributed by atoms with van der Waals surface area (Å²) in [5, 5.41) is 7.34. The molecule has 1 aromatic carbocycles. The van der Waals surface area contributed by atoms with Crippen LogP contribution in [0.1, 0.15) is 16.3 Å². The van der Waals surface area contributed by atoms with Crippen molar-refractivity contribution in [2.45, 2.75) is 19.9 Å². The fourth-order valence-electron chi connectivity index (χ4n) is 2.07. The van der Waals surface area contributed by atoms with Crippen LogP contribution in [0.2, 0.25) is 0 Å². The molecule has 3 aromatic rings. The summed E-state index contributed by atoms with van der Waals surface area (Å²) in [6, 6.07) is 6.29. The molecule has 6 heteroatoms. The van der Waals surface area contributed by atoms with E-state index in [1.54, 1.807) is 11.3 Å². The molecule has 0 bridgehead atoms. The number of nitrogens with one attached hydrogen (secondary N) is 1. The molecule has 0 aliphatic rings. The van der Waals surface area contributed by atoms with Crippen molar-refractivity contribution in [1.82, 2.24) is 15.3 Å². The van der Waals surface area contributed by atoms with E-state index in [1.807, 2.05) is 13.0 Å². The summed E-state index contributed by atoms with van der Waals surface area (Å²) in [4.78, 5) is 8.72. The van der Waals surface area contributed by atoms with Crippen molar-refractivity contribution in [1.29, 1.82) is 0 Å². The van der Waals surface area contributed by atoms with Crippen LogP contribution in [0.3, 0.4) is 0 Å². The number of hydrogen-bond acceptors (Lipinski definition) is 6. The van der Waals surface area contributed by atoms with E-state index in [2.05, 4.69) is 32.8 Å². The molecule has 0 aliphatic carbocycles. The van der Waals surface area contributed by atoms with Gasteiger partial charge in [-0.05, 0) is 24.6 Å². The molecule has 3 N–H and O–H groups in total. The zero-order chi connectivity index (χ0) is 13.9. The molecule has 0 fully saturated rings. The molecule has 2 aromatic heterocycles. The Morgan fingerprint density at radius 1 is 1.30 bits per heavy atom. The summed E-state index contributed by atoms with van der Waals surface area (Å²) in [5.41, 5.74) is 9.13. The predicted molar refractivity (Wildman–Crippen MR) is 86.3 cm³/mol. The molecule has 0 unspecified atom stereocenters. The van der Waals surface area contributed by atoms with E-state index in [4.69, 9.17) is 5.73 Å². The minimum absolute atomic E-state index is 0.629. The second-order valence-electron chi connectivity index (χ2n) is 4.64. The topological polar surface area (TPSA) is 63.8 Å². The summed E-state index contributed by atoms with van der Waals surface area (Å²) in [7, 11) is 0. The van der Waals surface area contributed by atoms with E-state index in [1.165, 1.54) is 22.6 Å². The first-order valence-electron chi connectivity index (χ1n) is 6.47. The first kappa shape index (κ1) is 13.5. The molecule has 0 atom stereocenters. The van der Waals surface area contributed by atoms with Gasteiger partial charge in [0.15, 0.2) is 5.13 Å². The first-order valence-corrected chi connectivity index (χ1v) is 8.17. The van der Waals surface area contributed by atoms with Crippen LogP contribution >= 0.6 is 22.7 Å². The predicted octanol–water partition coefficient (Wildman–Crippen LogP) is 2.98. The van der Waals surface area contributed by atoms with Gasteiger partial charge in [0.2, 0.25) is 0 Å². The van der Waals surface area contributed by atoms with Crippen LogP contribution in [0.4, 0.5) is 5.13 Å². The molecule has 3 rings (SSSR count). The van der Waals surface area contributed by atoms with Gasteiger partial charge in [-0.1, -0.05) is 17.4 Å². The van der Waals surface area contributed by atoms with Crippen LogP contribution in [-0.4, -0.2) is 16.5 Å². The summed E-state index contributed by atoms with van der Waals surface area (Å²) in [6.07, 6.45) is 0.972. The highest BCUT2D eigenvalue weighted by Crippen LogP contribution is 2.24. The van der Waals surface area contributed by atoms with Crippen molar-refractivity contribution in [2.75, 3.05) is 12.3 Å². The van der Waals surface area contributed by atoms with Gasteiger partial charge in [0.05, 0.1) is 20.9 Å². The Morgan fingerprint density at radius 2 is 2.20 bits per heavy atom. The lowest BCUT2D eigenvalue weighted by atomic mass is 10.2. The van der Waals surface area contributed by atoms with Gasteiger partial charge in [-0.15, -0.1) is 11.3 Å². The number of benzene rings is 1. The number of hydrogen-bond donors (Lipinski definition) is 2. The average molecular weight is 304 g/mol. The highest BCUT2D eigenvalue weighted by Gasteiger charge is 2.02. The van der Waals surface area contributed by atoms with Crippen LogP contribution in [0.5, 0.6) is 0 Å². The second-order valence-corrected chi connectivity index (χ2v) is 6.76. The molecule has 0 amide bonds. The van der Waals surface area contributed by atoms with E-state index >= 15 is 0 Å². The molecule has 20 heavy (non-hydrogen) atoms. The van der Waals surface area contributed by atoms with Gasteiger partial charge in [-0.25, -0.2) is 9.97 Å². The highest BCUT2D eigenvalue weighted by molar-refractivity contribution is 7.22. The molecule has 0 aliphatic heterocycles. The van der Waals surface area contributed by atoms with Crippen LogP contribution in [0, 0.1) is 6.92 Å². The fourth-order valence-corrected chi connectivity index (χ4v) is 3.51. The zero-order valence-electron chi connectivity index (χ0n) is 11.2. The minimum Gasteiger partial charge on any atom is -0.375 e. The van der Waals surface area contributed by atoms with Gasteiger partial charge >= 0.3 is 0 Å². The fraction of sp³-hybridized carbons (Fsp3) is 0.286. The number of nitrogen functional groups attached to an aromatic ring is 1. The first-order chi connectivity index (χ1) is 9.70. The van der Waals surface area contributed by atoms with Gasteiger partial charge in [-0.3, -0.25) is 0 Å². The van der Waals surface area contributed by atoms with Crippen molar-refractivity contribution in [3.05, 3.63) is 39.8 Å². The molecule has 2 heterocycles. The zero-order valence-corrected chi connectivity index (χ0v) is 12.9. The number of aryl methyl sites for hydroxylation is 1. The number of nitrogens with zero attached hydrogens (tertiary/aromatic N) is 2. The van der Waals surface area contributed by atoms with Gasteiger partial charge in [-0.2, -0.15) is 0 Å². The maximum atomic E-state index is 5.71. The van der Waals surface area contributed by atoms with E-state index in [0.717, 1.165) is 34.7 Å². The third-order valence-electron chi connectivity index (χ3n) is 3.02. The molecule has 0 saturated carbocycles. The molecular weight excluding hydrogens is 288 g/mol. The SMILES string of the molecule is Cc1nc(CCNCc2ccc3nc(N)sc3c2)cs1. The van der Waals surface area contributed by atoms with Crippen LogP contribution < -0.4 is 11.1 Å². The number of fused-ring (bicyclic) bond motifs is 1. The van der Waals surface area contributed by atoms with Gasteiger partial charge in [0, 0.05) is 24.9 Å². The van der Waals surface area contributed by atoms with E-state index in [-0.39, 0.29) is 0 Å². The Morgan fingerprint density at radius 3 is 3.00 bits per heavy atom. The summed E-state index contributed by atoms with van der Waals surface area (Å²) in [5.74, 6) is 0. The van der Waals surface area contributed by atoms with Crippen molar-refractivity contribution in [3.63, 3.8) is 0 Å². The van der Waals surface area contributed by atoms with E-state index in [9.17, 15) is 0 Å². The second kappa shape index (κ2) is 5.87. The lowest BCUT2D eigenvalue weighted by Gasteiger charge is -2.03. The standard InChI is InChI=1S/C14H16N4S2/c1-9-17-11(8-19-9)4-5-16-7-10-2-3-12-13(6-10)20-14(15)18-12/h2-3,6,8,16H,4-5,7H2,1H3,(H2,15,18). The van der Waals surface area contributed by atoms with E-state index < -0.39 is 0 Å². The molecule has 0 saturated heterocycles. The number of anilines is 1. The molecule has 0 spiro atoms. The van der Waals surface area contributed by atoms with Gasteiger partial charge < -0.3 is 11.1 Å². The Labute approximate surface area is 125 Å². The van der Waals surface area contributed by atoms with Crippen molar-refractivity contribution >= 4 is 38.0 Å². The molecule has 0 radical (unpaired) electrons. The summed E-state index contributed by atoms with van der Waals surface area (Å²) >= 11 is 3.24. The third kappa shape index (κ3) is 3.15. The number of thiazole rings is 2. The Balaban J connectivity index is 1.54. The lowest BCUT2D eigenvalue weighted by Crippen LogP contribution is -2.16. The Kier molecular flexibility index (Phi) is 3.95.